The van der Waals surface area contributed by atoms with Crippen molar-refractivity contribution in [1.82, 2.24) is 10.3 Å². The first-order chi connectivity index (χ1) is 5.83. The molecule has 1 aromatic heterocycles. The maximum absolute atomic E-state index is 4.04. The van der Waals surface area contributed by atoms with E-state index >= 15 is 0 Å². The van der Waals surface area contributed by atoms with Gasteiger partial charge >= 0.3 is 0 Å². The number of nitrogens with zero attached hydrogens (tertiary/aromatic N) is 1. The van der Waals surface area contributed by atoms with Crippen LogP contribution in [0.15, 0.2) is 11.7 Å². The van der Waals surface area contributed by atoms with Crippen molar-refractivity contribution >= 4 is 11.3 Å². The fourth-order valence-corrected chi connectivity index (χ4v) is 1.79. The number of hydrogen-bond donors (Lipinski definition) is 1. The monoisotopic (exact) mass is 184 g/mol. The number of aromatic nitrogens is 1. The van der Waals surface area contributed by atoms with Gasteiger partial charge in [-0.15, -0.1) is 11.3 Å². The summed E-state index contributed by atoms with van der Waals surface area (Å²) in [4.78, 5) is 5.43. The van der Waals surface area contributed by atoms with Crippen LogP contribution in [0.25, 0.3) is 0 Å². The summed E-state index contributed by atoms with van der Waals surface area (Å²) in [5, 5.41) is 3.39. The lowest BCUT2D eigenvalue weighted by Crippen LogP contribution is -2.25. The molecule has 1 aromatic rings. The summed E-state index contributed by atoms with van der Waals surface area (Å²) >= 11 is 1.74. The zero-order valence-corrected chi connectivity index (χ0v) is 8.53. The first-order valence-electron chi connectivity index (χ1n) is 4.43. The topological polar surface area (TPSA) is 24.9 Å². The standard InChI is InChI=1S/C9H16N2S/c1-3-11-8(2)4-5-9-6-10-7-12-9/h6-8,11H,3-5H2,1-2H3. The van der Waals surface area contributed by atoms with Crippen LogP contribution in [-0.2, 0) is 6.42 Å². The molecule has 1 atom stereocenters. The second-order valence-corrected chi connectivity index (χ2v) is 3.94. The summed E-state index contributed by atoms with van der Waals surface area (Å²) in [6, 6.07) is 0.622. The molecule has 0 aliphatic carbocycles. The van der Waals surface area contributed by atoms with Crippen molar-refractivity contribution < 1.29 is 0 Å². The van der Waals surface area contributed by atoms with Gasteiger partial charge in [0.05, 0.1) is 5.51 Å². The summed E-state index contributed by atoms with van der Waals surface area (Å²) in [6.45, 7) is 5.43. The summed E-state index contributed by atoms with van der Waals surface area (Å²) in [5.41, 5.74) is 1.90. The quantitative estimate of drug-likeness (QED) is 0.758. The van der Waals surface area contributed by atoms with E-state index in [0.29, 0.717) is 6.04 Å². The highest BCUT2D eigenvalue weighted by Crippen LogP contribution is 2.09. The second kappa shape index (κ2) is 5.27. The van der Waals surface area contributed by atoms with Crippen molar-refractivity contribution in [2.45, 2.75) is 32.7 Å². The van der Waals surface area contributed by atoms with E-state index in [1.165, 1.54) is 11.3 Å². The average molecular weight is 184 g/mol. The Morgan fingerprint density at radius 3 is 3.08 bits per heavy atom. The molecule has 1 heterocycles. The van der Waals surface area contributed by atoms with Crippen molar-refractivity contribution in [3.63, 3.8) is 0 Å². The molecular formula is C9H16N2S. The molecule has 3 heteroatoms. The van der Waals surface area contributed by atoms with Gasteiger partial charge in [0.15, 0.2) is 0 Å². The zero-order chi connectivity index (χ0) is 8.81. The van der Waals surface area contributed by atoms with Gasteiger partial charge in [0.1, 0.15) is 0 Å². The van der Waals surface area contributed by atoms with Crippen LogP contribution in [-0.4, -0.2) is 17.6 Å². The van der Waals surface area contributed by atoms with E-state index in [1.54, 1.807) is 11.3 Å². The molecule has 1 N–H and O–H groups in total. The van der Waals surface area contributed by atoms with E-state index in [0.717, 1.165) is 13.0 Å². The highest BCUT2D eigenvalue weighted by Gasteiger charge is 2.00. The van der Waals surface area contributed by atoms with Gasteiger partial charge in [-0.3, -0.25) is 4.98 Å². The first kappa shape index (κ1) is 9.68. The van der Waals surface area contributed by atoms with Gasteiger partial charge in [0.25, 0.3) is 0 Å². The van der Waals surface area contributed by atoms with Gasteiger partial charge in [-0.2, -0.15) is 0 Å². The minimum Gasteiger partial charge on any atom is -0.315 e. The smallest absolute Gasteiger partial charge is 0.0794 e. The lowest BCUT2D eigenvalue weighted by atomic mass is 10.2. The Morgan fingerprint density at radius 2 is 2.50 bits per heavy atom. The van der Waals surface area contributed by atoms with Gasteiger partial charge in [-0.25, -0.2) is 0 Å². The Bertz CT molecular complexity index is 196. The molecular weight excluding hydrogens is 168 g/mol. The van der Waals surface area contributed by atoms with Crippen LogP contribution >= 0.6 is 11.3 Å². The highest BCUT2D eigenvalue weighted by molar-refractivity contribution is 7.09. The number of rotatable bonds is 5. The van der Waals surface area contributed by atoms with E-state index in [4.69, 9.17) is 0 Å². The zero-order valence-electron chi connectivity index (χ0n) is 7.71. The van der Waals surface area contributed by atoms with Crippen LogP contribution < -0.4 is 5.32 Å². The fourth-order valence-electron chi connectivity index (χ4n) is 1.17. The van der Waals surface area contributed by atoms with E-state index < -0.39 is 0 Å². The molecule has 0 aliphatic heterocycles. The van der Waals surface area contributed by atoms with Crippen LogP contribution in [0, 0.1) is 0 Å². The summed E-state index contributed by atoms with van der Waals surface area (Å²) in [7, 11) is 0. The molecule has 0 radical (unpaired) electrons. The number of aryl methyl sites for hydroxylation is 1. The van der Waals surface area contributed by atoms with Crippen LogP contribution in [0.4, 0.5) is 0 Å². The highest BCUT2D eigenvalue weighted by atomic mass is 32.1. The molecule has 0 saturated heterocycles. The molecule has 1 rings (SSSR count). The minimum absolute atomic E-state index is 0.622. The van der Waals surface area contributed by atoms with Crippen molar-refractivity contribution in [3.05, 3.63) is 16.6 Å². The van der Waals surface area contributed by atoms with E-state index in [1.807, 2.05) is 11.7 Å². The van der Waals surface area contributed by atoms with Crippen molar-refractivity contribution in [3.8, 4) is 0 Å². The molecule has 0 bridgehead atoms. The van der Waals surface area contributed by atoms with Crippen molar-refractivity contribution in [2.24, 2.45) is 0 Å². The first-order valence-corrected chi connectivity index (χ1v) is 5.31. The predicted molar refractivity (Wildman–Crippen MR) is 53.6 cm³/mol. The van der Waals surface area contributed by atoms with E-state index in [2.05, 4.69) is 24.1 Å². The average Bonchev–Trinajstić information content (AvgIpc) is 2.53. The third-order valence-electron chi connectivity index (χ3n) is 1.86. The van der Waals surface area contributed by atoms with Crippen LogP contribution in [0.2, 0.25) is 0 Å². The minimum atomic E-state index is 0.622. The largest absolute Gasteiger partial charge is 0.315 e. The lowest BCUT2D eigenvalue weighted by Gasteiger charge is -2.10. The summed E-state index contributed by atoms with van der Waals surface area (Å²) < 4.78 is 0. The molecule has 2 nitrogen and oxygen atoms in total. The molecule has 68 valence electrons. The molecule has 0 fully saturated rings. The van der Waals surface area contributed by atoms with E-state index in [-0.39, 0.29) is 0 Å². The van der Waals surface area contributed by atoms with Crippen LogP contribution in [0.5, 0.6) is 0 Å². The van der Waals surface area contributed by atoms with Crippen molar-refractivity contribution in [1.29, 1.82) is 0 Å². The summed E-state index contributed by atoms with van der Waals surface area (Å²) in [6.07, 6.45) is 4.32. The molecule has 0 spiro atoms. The molecule has 0 saturated carbocycles. The van der Waals surface area contributed by atoms with Gasteiger partial charge in [0.2, 0.25) is 0 Å². The Hall–Kier alpha value is -0.410. The van der Waals surface area contributed by atoms with Gasteiger partial charge in [-0.1, -0.05) is 6.92 Å². The summed E-state index contributed by atoms with van der Waals surface area (Å²) in [5.74, 6) is 0. The molecule has 0 amide bonds. The molecule has 0 aliphatic rings. The van der Waals surface area contributed by atoms with Crippen LogP contribution in [0.3, 0.4) is 0 Å². The normalized spacial score (nSPS) is 13.2. The Kier molecular flexibility index (Phi) is 4.25. The Labute approximate surface area is 78.0 Å². The second-order valence-electron chi connectivity index (χ2n) is 2.97. The van der Waals surface area contributed by atoms with Gasteiger partial charge < -0.3 is 5.32 Å². The van der Waals surface area contributed by atoms with Crippen molar-refractivity contribution in [2.75, 3.05) is 6.54 Å². The fraction of sp³-hybridized carbons (Fsp3) is 0.667. The third kappa shape index (κ3) is 3.32. The SMILES string of the molecule is CCNC(C)CCc1cncs1. The third-order valence-corrected chi connectivity index (χ3v) is 2.70. The molecule has 1 unspecified atom stereocenters. The Morgan fingerprint density at radius 1 is 1.67 bits per heavy atom. The Balaban J connectivity index is 2.17. The van der Waals surface area contributed by atoms with Crippen LogP contribution in [0.1, 0.15) is 25.1 Å². The lowest BCUT2D eigenvalue weighted by molar-refractivity contribution is 0.532. The number of hydrogen-bond acceptors (Lipinski definition) is 3. The number of thiazole rings is 1. The molecule has 0 aromatic carbocycles. The molecule has 12 heavy (non-hydrogen) atoms. The predicted octanol–water partition coefficient (Wildman–Crippen LogP) is 2.07. The van der Waals surface area contributed by atoms with E-state index in [9.17, 15) is 0 Å². The van der Waals surface area contributed by atoms with Gasteiger partial charge in [-0.05, 0) is 26.3 Å². The maximum atomic E-state index is 4.04. The maximum Gasteiger partial charge on any atom is 0.0794 e. The van der Waals surface area contributed by atoms with Gasteiger partial charge in [0, 0.05) is 17.1 Å². The number of nitrogens with one attached hydrogen (secondary N) is 1.